The van der Waals surface area contributed by atoms with Crippen LogP contribution in [0, 0.1) is 0 Å². The van der Waals surface area contributed by atoms with Crippen LogP contribution in [-0.4, -0.2) is 17.0 Å². The van der Waals surface area contributed by atoms with E-state index in [4.69, 9.17) is 9.47 Å². The van der Waals surface area contributed by atoms with Crippen molar-refractivity contribution in [2.75, 3.05) is 0 Å². The van der Waals surface area contributed by atoms with E-state index in [1.165, 1.54) is 25.0 Å². The van der Waals surface area contributed by atoms with Gasteiger partial charge in [-0.05, 0) is 55.5 Å². The first-order valence-electron chi connectivity index (χ1n) is 8.48. The molecule has 0 saturated heterocycles. The fraction of sp³-hybridized carbons (Fsp3) is 0.350. The third-order valence-electron chi connectivity index (χ3n) is 4.76. The Bertz CT molecular complexity index is 745. The van der Waals surface area contributed by atoms with E-state index in [1.807, 2.05) is 24.3 Å². The molecule has 1 heterocycles. The van der Waals surface area contributed by atoms with Crippen molar-refractivity contribution in [2.24, 2.45) is 0 Å². The summed E-state index contributed by atoms with van der Waals surface area (Å²) in [5.41, 5.74) is 1.47. The molecule has 0 amide bonds. The maximum atomic E-state index is 12.3. The molecule has 0 aromatic heterocycles. The minimum atomic E-state index is -0.327. The zero-order valence-electron chi connectivity index (χ0n) is 13.4. The third-order valence-corrected chi connectivity index (χ3v) is 4.76. The lowest BCUT2D eigenvalue weighted by Gasteiger charge is -2.25. The molecule has 2 aliphatic rings. The molecule has 0 spiro atoms. The van der Waals surface area contributed by atoms with Crippen LogP contribution in [0.1, 0.15) is 54.1 Å². The maximum Gasteiger partial charge on any atom is 0.170 e. The molecule has 1 aliphatic heterocycles. The molecule has 0 unspecified atom stereocenters. The van der Waals surface area contributed by atoms with Gasteiger partial charge in [0.1, 0.15) is 23.4 Å². The van der Waals surface area contributed by atoms with E-state index in [0.717, 1.165) is 24.2 Å². The van der Waals surface area contributed by atoms with E-state index >= 15 is 0 Å². The van der Waals surface area contributed by atoms with Gasteiger partial charge in [0.15, 0.2) is 5.78 Å². The van der Waals surface area contributed by atoms with Gasteiger partial charge in [-0.25, -0.2) is 0 Å². The van der Waals surface area contributed by atoms with E-state index in [2.05, 4.69) is 0 Å². The number of hydrogen-bond donors (Lipinski definition) is 1. The summed E-state index contributed by atoms with van der Waals surface area (Å²) in [6.45, 7) is 0. The van der Waals surface area contributed by atoms with Crippen LogP contribution in [-0.2, 0) is 0 Å². The summed E-state index contributed by atoms with van der Waals surface area (Å²) < 4.78 is 11.9. The van der Waals surface area contributed by atoms with Crippen molar-refractivity contribution in [1.29, 1.82) is 0 Å². The van der Waals surface area contributed by atoms with Crippen LogP contribution >= 0.6 is 0 Å². The predicted octanol–water partition coefficient (Wildman–Crippen LogP) is 4.42. The van der Waals surface area contributed by atoms with E-state index < -0.39 is 0 Å². The van der Waals surface area contributed by atoms with Gasteiger partial charge in [0.25, 0.3) is 0 Å². The largest absolute Gasteiger partial charge is 0.508 e. The monoisotopic (exact) mass is 324 g/mol. The molecule has 0 radical (unpaired) electrons. The Kier molecular flexibility index (Phi) is 3.89. The molecule has 1 aliphatic carbocycles. The molecule has 4 nitrogen and oxygen atoms in total. The molecule has 2 aromatic rings. The second-order valence-corrected chi connectivity index (χ2v) is 6.51. The van der Waals surface area contributed by atoms with Gasteiger partial charge in [-0.15, -0.1) is 0 Å². The number of carbonyl (C=O) groups is 1. The first-order chi connectivity index (χ1) is 11.7. The number of aromatic hydroxyl groups is 1. The maximum absolute atomic E-state index is 12.3. The van der Waals surface area contributed by atoms with Crippen molar-refractivity contribution >= 4 is 5.78 Å². The second kappa shape index (κ2) is 6.19. The van der Waals surface area contributed by atoms with Crippen LogP contribution < -0.4 is 9.47 Å². The zero-order chi connectivity index (χ0) is 16.5. The second-order valence-electron chi connectivity index (χ2n) is 6.51. The highest BCUT2D eigenvalue weighted by molar-refractivity contribution is 6.00. The first-order valence-corrected chi connectivity index (χ1v) is 8.48. The number of ether oxygens (including phenoxy) is 2. The highest BCUT2D eigenvalue weighted by Gasteiger charge is 2.28. The highest BCUT2D eigenvalue weighted by Crippen LogP contribution is 2.37. The van der Waals surface area contributed by atoms with Gasteiger partial charge in [0.2, 0.25) is 0 Å². The molecule has 24 heavy (non-hydrogen) atoms. The fourth-order valence-corrected chi connectivity index (χ4v) is 3.46. The number of phenolic OH excluding ortho intramolecular Hbond substituents is 1. The predicted molar refractivity (Wildman–Crippen MR) is 89.7 cm³/mol. The minimum absolute atomic E-state index is 0.0348. The van der Waals surface area contributed by atoms with E-state index in [0.29, 0.717) is 23.8 Å². The topological polar surface area (TPSA) is 55.8 Å². The standard InChI is InChI=1S/C20H20O4/c21-14-7-10-17-18(22)12-19(24-20(17)11-14)13-5-8-16(9-6-13)23-15-3-1-2-4-15/h5-11,15,19,21H,1-4,12H2/t19-/m1/s1. The van der Waals surface area contributed by atoms with Crippen molar-refractivity contribution in [3.63, 3.8) is 0 Å². The number of ketones is 1. The number of carbonyl (C=O) groups excluding carboxylic acids is 1. The molecule has 1 saturated carbocycles. The molecule has 1 N–H and O–H groups in total. The van der Waals surface area contributed by atoms with Crippen molar-refractivity contribution < 1.29 is 19.4 Å². The lowest BCUT2D eigenvalue weighted by atomic mass is 9.96. The number of rotatable bonds is 3. The van der Waals surface area contributed by atoms with E-state index in [9.17, 15) is 9.90 Å². The van der Waals surface area contributed by atoms with Crippen molar-refractivity contribution in [1.82, 2.24) is 0 Å². The first kappa shape index (κ1) is 15.1. The van der Waals surface area contributed by atoms with Crippen molar-refractivity contribution in [3.8, 4) is 17.2 Å². The summed E-state index contributed by atoms with van der Waals surface area (Å²) in [6.07, 6.45) is 5.05. The number of benzene rings is 2. The molecule has 4 heteroatoms. The summed E-state index contributed by atoms with van der Waals surface area (Å²) >= 11 is 0. The van der Waals surface area contributed by atoms with Crippen molar-refractivity contribution in [3.05, 3.63) is 53.6 Å². The van der Waals surface area contributed by atoms with Crippen LogP contribution in [0.15, 0.2) is 42.5 Å². The van der Waals surface area contributed by atoms with E-state index in [-0.39, 0.29) is 17.6 Å². The molecule has 0 bridgehead atoms. The Morgan fingerprint density at radius 1 is 1.04 bits per heavy atom. The molecular formula is C20H20O4. The Morgan fingerprint density at radius 3 is 2.54 bits per heavy atom. The minimum Gasteiger partial charge on any atom is -0.508 e. The molecule has 1 atom stereocenters. The summed E-state index contributed by atoms with van der Waals surface area (Å²) in [5, 5.41) is 9.60. The Labute approximate surface area is 141 Å². The normalized spacial score (nSPS) is 20.5. The fourth-order valence-electron chi connectivity index (χ4n) is 3.46. The molecule has 124 valence electrons. The average Bonchev–Trinajstić information content (AvgIpc) is 3.08. The number of Topliss-reactive ketones (excluding diaryl/α,β-unsaturated/α-hetero) is 1. The van der Waals surface area contributed by atoms with Crippen molar-refractivity contribution in [2.45, 2.75) is 44.3 Å². The zero-order valence-corrected chi connectivity index (χ0v) is 13.4. The molecular weight excluding hydrogens is 304 g/mol. The quantitative estimate of drug-likeness (QED) is 0.908. The van der Waals surface area contributed by atoms with Crippen LogP contribution in [0.3, 0.4) is 0 Å². The highest BCUT2D eigenvalue weighted by atomic mass is 16.5. The molecule has 4 rings (SSSR count). The third kappa shape index (κ3) is 2.96. The summed E-state index contributed by atoms with van der Waals surface area (Å²) in [7, 11) is 0. The van der Waals surface area contributed by atoms with E-state index in [1.54, 1.807) is 6.07 Å². The Hall–Kier alpha value is -2.49. The molecule has 2 aromatic carbocycles. The number of fused-ring (bicyclic) bond motifs is 1. The van der Waals surface area contributed by atoms with Gasteiger partial charge in [0, 0.05) is 6.07 Å². The van der Waals surface area contributed by atoms with Crippen LogP contribution in [0.2, 0.25) is 0 Å². The summed E-state index contributed by atoms with van der Waals surface area (Å²) in [5.74, 6) is 1.45. The van der Waals surface area contributed by atoms with Gasteiger partial charge in [-0.3, -0.25) is 4.79 Å². The Balaban J connectivity index is 1.50. The lowest BCUT2D eigenvalue weighted by Crippen LogP contribution is -2.20. The van der Waals surface area contributed by atoms with Gasteiger partial charge < -0.3 is 14.6 Å². The van der Waals surface area contributed by atoms with Crippen LogP contribution in [0.5, 0.6) is 17.2 Å². The van der Waals surface area contributed by atoms with Crippen LogP contribution in [0.25, 0.3) is 0 Å². The van der Waals surface area contributed by atoms with Gasteiger partial charge in [-0.2, -0.15) is 0 Å². The van der Waals surface area contributed by atoms with Gasteiger partial charge in [0.05, 0.1) is 18.1 Å². The summed E-state index contributed by atoms with van der Waals surface area (Å²) in [6, 6.07) is 12.4. The van der Waals surface area contributed by atoms with Gasteiger partial charge in [-0.1, -0.05) is 12.1 Å². The van der Waals surface area contributed by atoms with Gasteiger partial charge >= 0.3 is 0 Å². The smallest absolute Gasteiger partial charge is 0.170 e. The van der Waals surface area contributed by atoms with Crippen LogP contribution in [0.4, 0.5) is 0 Å². The lowest BCUT2D eigenvalue weighted by molar-refractivity contribution is 0.0849. The average molecular weight is 324 g/mol. The Morgan fingerprint density at radius 2 is 1.79 bits per heavy atom. The summed E-state index contributed by atoms with van der Waals surface area (Å²) in [4.78, 5) is 12.3. The SMILES string of the molecule is O=C1C[C@H](c2ccc(OC3CCCC3)cc2)Oc2cc(O)ccc21. The number of phenols is 1. The molecule has 1 fully saturated rings. The number of hydrogen-bond acceptors (Lipinski definition) is 4.